The van der Waals surface area contributed by atoms with Gasteiger partial charge < -0.3 is 0 Å². The molecule has 82 valence electrons. The highest BCUT2D eigenvalue weighted by Crippen LogP contribution is 2.69. The molecule has 3 saturated heterocycles. The van der Waals surface area contributed by atoms with E-state index in [0.29, 0.717) is 0 Å². The molecular weight excluding hydrogens is 218 g/mol. The van der Waals surface area contributed by atoms with Crippen LogP contribution in [0.15, 0.2) is 0 Å². The van der Waals surface area contributed by atoms with E-state index >= 15 is 0 Å². The molecule has 0 saturated carbocycles. The van der Waals surface area contributed by atoms with E-state index in [1.165, 1.54) is 0 Å². The molecule has 3 heterocycles. The molecule has 8 heteroatoms. The number of hydrazine groups is 3. The van der Waals surface area contributed by atoms with E-state index in [4.69, 9.17) is 0 Å². The molecule has 0 aliphatic carbocycles. The molecule has 0 aromatic carbocycles. The minimum absolute atomic E-state index is 0.411. The first-order chi connectivity index (χ1) is 6.46. The van der Waals surface area contributed by atoms with Crippen molar-refractivity contribution in [2.75, 3.05) is 42.3 Å². The second-order valence-corrected chi connectivity index (χ2v) is 8.02. The number of hydrogen-bond donors (Lipinski definition) is 0. The zero-order chi connectivity index (χ0) is 10.6. The fourth-order valence-corrected chi connectivity index (χ4v) is 6.74. The Balaban J connectivity index is 2.34. The van der Waals surface area contributed by atoms with Crippen LogP contribution in [0.25, 0.3) is 0 Å². The highest BCUT2D eigenvalue weighted by atomic mass is 31.2. The maximum atomic E-state index is 2.33. The van der Waals surface area contributed by atoms with E-state index in [9.17, 15) is 0 Å². The molecule has 3 aliphatic heterocycles. The third-order valence-corrected chi connectivity index (χ3v) is 7.95. The van der Waals surface area contributed by atoms with Crippen molar-refractivity contribution in [3.05, 3.63) is 0 Å². The molecule has 6 nitrogen and oxygen atoms in total. The van der Waals surface area contributed by atoms with E-state index in [0.717, 1.165) is 0 Å². The lowest BCUT2D eigenvalue weighted by Gasteiger charge is -2.64. The van der Waals surface area contributed by atoms with E-state index in [2.05, 4.69) is 71.0 Å². The Morgan fingerprint density at radius 3 is 0.714 bits per heavy atom. The molecule has 0 aromatic rings. The molecule has 0 N–H and O–H groups in total. The van der Waals surface area contributed by atoms with Crippen molar-refractivity contribution in [3.8, 4) is 0 Å². The van der Waals surface area contributed by atoms with Gasteiger partial charge in [-0.1, -0.05) is 0 Å². The third-order valence-electron chi connectivity index (χ3n) is 2.81. The first-order valence-electron chi connectivity index (χ1n) is 4.48. The van der Waals surface area contributed by atoms with E-state index in [1.807, 2.05) is 0 Å². The molecule has 3 fully saturated rings. The van der Waals surface area contributed by atoms with Gasteiger partial charge in [0, 0.05) is 42.3 Å². The Morgan fingerprint density at radius 1 is 0.429 bits per heavy atom. The lowest BCUT2D eigenvalue weighted by molar-refractivity contribution is 0.0365. The monoisotopic (exact) mass is 236 g/mol. The number of hydrogen-bond acceptors (Lipinski definition) is 6. The molecule has 0 aromatic heterocycles. The standard InChI is InChI=1S/C6H18N6P2/c1-7-8(2)14-11(5)9(3)13(7)10(4)12(14)6/h1-6H3. The summed E-state index contributed by atoms with van der Waals surface area (Å²) in [5.74, 6) is 0. The van der Waals surface area contributed by atoms with Crippen LogP contribution in [0.4, 0.5) is 0 Å². The van der Waals surface area contributed by atoms with Gasteiger partial charge in [0.25, 0.3) is 0 Å². The quantitative estimate of drug-likeness (QED) is 0.575. The van der Waals surface area contributed by atoms with Crippen LogP contribution < -0.4 is 0 Å². The molecule has 14 heavy (non-hydrogen) atoms. The van der Waals surface area contributed by atoms with Gasteiger partial charge in [0.1, 0.15) is 0 Å². The Kier molecular flexibility index (Phi) is 2.84. The molecule has 2 bridgehead atoms. The van der Waals surface area contributed by atoms with Crippen LogP contribution in [0.5, 0.6) is 0 Å². The van der Waals surface area contributed by atoms with Crippen LogP contribution in [0.2, 0.25) is 0 Å². The van der Waals surface area contributed by atoms with E-state index < -0.39 is 16.7 Å². The van der Waals surface area contributed by atoms with Crippen molar-refractivity contribution >= 4 is 16.7 Å². The van der Waals surface area contributed by atoms with E-state index in [-0.39, 0.29) is 0 Å². The predicted molar refractivity (Wildman–Crippen MR) is 60.4 cm³/mol. The van der Waals surface area contributed by atoms with Gasteiger partial charge >= 0.3 is 0 Å². The van der Waals surface area contributed by atoms with Gasteiger partial charge in [0.15, 0.2) is 16.7 Å². The zero-order valence-corrected chi connectivity index (χ0v) is 11.4. The Labute approximate surface area is 88.4 Å². The van der Waals surface area contributed by atoms with Crippen LogP contribution in [0, 0.1) is 0 Å². The summed E-state index contributed by atoms with van der Waals surface area (Å²) in [5.41, 5.74) is 0. The predicted octanol–water partition coefficient (Wildman–Crippen LogP) is 0.803. The minimum Gasteiger partial charge on any atom is -0.188 e. The highest BCUT2D eigenvalue weighted by molar-refractivity contribution is 7.58. The maximum Gasteiger partial charge on any atom is 0.164 e. The van der Waals surface area contributed by atoms with Crippen LogP contribution in [-0.4, -0.2) is 71.0 Å². The van der Waals surface area contributed by atoms with Gasteiger partial charge in [-0.3, -0.25) is 0 Å². The van der Waals surface area contributed by atoms with Crippen LogP contribution in [-0.2, 0) is 0 Å². The average molecular weight is 236 g/mol. The van der Waals surface area contributed by atoms with Crippen LogP contribution in [0.3, 0.4) is 0 Å². The van der Waals surface area contributed by atoms with Gasteiger partial charge in [-0.25, -0.2) is 0 Å². The molecular formula is C6H18N6P2. The second-order valence-electron chi connectivity index (χ2n) is 3.47. The van der Waals surface area contributed by atoms with E-state index in [1.54, 1.807) is 0 Å². The van der Waals surface area contributed by atoms with Gasteiger partial charge in [-0.2, -0.15) is 28.7 Å². The summed E-state index contributed by atoms with van der Waals surface area (Å²) in [7, 11) is 12.1. The molecule has 0 radical (unpaired) electrons. The molecule has 3 aliphatic rings. The number of nitrogens with zero attached hydrogens (tertiary/aromatic N) is 6. The number of fused-ring (bicyclic) bond motifs is 3. The van der Waals surface area contributed by atoms with Crippen molar-refractivity contribution < 1.29 is 0 Å². The Bertz CT molecular complexity index is 178. The van der Waals surface area contributed by atoms with Crippen molar-refractivity contribution in [2.24, 2.45) is 0 Å². The third kappa shape index (κ3) is 1.27. The van der Waals surface area contributed by atoms with Crippen LogP contribution in [0.1, 0.15) is 0 Å². The maximum absolute atomic E-state index is 2.33. The smallest absolute Gasteiger partial charge is 0.164 e. The summed E-state index contributed by atoms with van der Waals surface area (Å²) in [6.45, 7) is 0. The first kappa shape index (κ1) is 11.1. The Hall–Kier alpha value is 0.620. The number of rotatable bonds is 0. The summed E-state index contributed by atoms with van der Waals surface area (Å²) in [6, 6.07) is 0. The largest absolute Gasteiger partial charge is 0.188 e. The highest BCUT2D eigenvalue weighted by Gasteiger charge is 2.51. The molecule has 0 spiro atoms. The Morgan fingerprint density at radius 2 is 0.571 bits per heavy atom. The summed E-state index contributed by atoms with van der Waals surface area (Å²) >= 11 is 0. The summed E-state index contributed by atoms with van der Waals surface area (Å²) < 4.78 is 14.0. The van der Waals surface area contributed by atoms with Crippen molar-refractivity contribution in [3.63, 3.8) is 0 Å². The zero-order valence-electron chi connectivity index (χ0n) is 9.58. The normalized spacial score (nSPS) is 39.9. The minimum atomic E-state index is -0.411. The topological polar surface area (TPSA) is 19.4 Å². The van der Waals surface area contributed by atoms with Crippen molar-refractivity contribution in [2.45, 2.75) is 0 Å². The summed E-state index contributed by atoms with van der Waals surface area (Å²) in [6.07, 6.45) is 0. The second kappa shape index (κ2) is 3.58. The fourth-order valence-electron chi connectivity index (χ4n) is 1.82. The van der Waals surface area contributed by atoms with Gasteiger partial charge in [-0.05, 0) is 0 Å². The lowest BCUT2D eigenvalue weighted by atomic mass is 11.3. The summed E-state index contributed by atoms with van der Waals surface area (Å²) in [4.78, 5) is 0. The van der Waals surface area contributed by atoms with Crippen molar-refractivity contribution in [1.29, 1.82) is 0 Å². The SMILES string of the molecule is CN1N(C)P2N(C)N(C)P1N(C)N2C. The fraction of sp³-hybridized carbons (Fsp3) is 1.00. The van der Waals surface area contributed by atoms with Gasteiger partial charge in [0.05, 0.1) is 0 Å². The molecule has 0 atom stereocenters. The first-order valence-corrected chi connectivity index (χ1v) is 6.88. The molecule has 0 unspecified atom stereocenters. The van der Waals surface area contributed by atoms with Gasteiger partial charge in [0.2, 0.25) is 0 Å². The van der Waals surface area contributed by atoms with Gasteiger partial charge in [-0.15, -0.1) is 0 Å². The van der Waals surface area contributed by atoms with Crippen LogP contribution >= 0.6 is 16.7 Å². The van der Waals surface area contributed by atoms with Crippen molar-refractivity contribution in [1.82, 2.24) is 28.7 Å². The average Bonchev–Trinajstić information content (AvgIpc) is 2.12. The lowest BCUT2D eigenvalue weighted by Crippen LogP contribution is -2.60. The molecule has 0 amide bonds. The molecule has 3 rings (SSSR count). The summed E-state index contributed by atoms with van der Waals surface area (Å²) in [5, 5.41) is 0.